The average Bonchev–Trinajstić information content (AvgIpc) is 3.46. The second-order valence-corrected chi connectivity index (χ2v) is 10.0. The van der Waals surface area contributed by atoms with Crippen LogP contribution in [0.5, 0.6) is 0 Å². The summed E-state index contributed by atoms with van der Waals surface area (Å²) in [4.78, 5) is 51.2. The normalized spacial score (nSPS) is 14.3. The molecule has 8 nitrogen and oxygen atoms in total. The second-order valence-electron chi connectivity index (χ2n) is 8.21. The maximum absolute atomic E-state index is 12.8. The Labute approximate surface area is 232 Å². The van der Waals surface area contributed by atoms with Gasteiger partial charge in [0.15, 0.2) is 0 Å². The molecule has 0 bridgehead atoms. The van der Waals surface area contributed by atoms with Crippen molar-refractivity contribution in [2.75, 3.05) is 18.5 Å². The lowest BCUT2D eigenvalue weighted by Crippen LogP contribution is -2.36. The van der Waals surface area contributed by atoms with Gasteiger partial charge in [0.2, 0.25) is 5.91 Å². The Bertz CT molecular complexity index is 1420. The van der Waals surface area contributed by atoms with Crippen molar-refractivity contribution < 1.29 is 28.3 Å². The van der Waals surface area contributed by atoms with E-state index in [1.807, 2.05) is 6.92 Å². The number of rotatable bonds is 9. The SMILES string of the molecule is CCCCOC(=O)c1cc(NC(=O)CN2C(=O)S/C(=C/c3ccc(-c4ccc(Cl)cc4)o3)C2=O)ccc1Cl. The number of benzene rings is 2. The molecule has 196 valence electrons. The van der Waals surface area contributed by atoms with Crippen molar-refractivity contribution in [1.82, 2.24) is 4.90 Å². The highest BCUT2D eigenvalue weighted by Gasteiger charge is 2.36. The van der Waals surface area contributed by atoms with Gasteiger partial charge in [0, 0.05) is 22.3 Å². The summed E-state index contributed by atoms with van der Waals surface area (Å²) >= 11 is 12.7. The smallest absolute Gasteiger partial charge is 0.339 e. The average molecular weight is 573 g/mol. The number of nitrogens with one attached hydrogen (secondary N) is 1. The van der Waals surface area contributed by atoms with Crippen molar-refractivity contribution in [3.05, 3.63) is 80.9 Å². The summed E-state index contributed by atoms with van der Waals surface area (Å²) in [6, 6.07) is 14.8. The lowest BCUT2D eigenvalue weighted by Gasteiger charge is -2.13. The lowest BCUT2D eigenvalue weighted by molar-refractivity contribution is -0.127. The van der Waals surface area contributed by atoms with Crippen molar-refractivity contribution in [1.29, 1.82) is 0 Å². The first kappa shape index (κ1) is 27.5. The lowest BCUT2D eigenvalue weighted by atomic mass is 10.2. The molecule has 1 aliphatic heterocycles. The number of thioether (sulfide) groups is 1. The molecule has 2 heterocycles. The number of halogens is 2. The Morgan fingerprint density at radius 3 is 2.58 bits per heavy atom. The Morgan fingerprint density at radius 2 is 1.84 bits per heavy atom. The number of unbranched alkanes of at least 4 members (excludes halogenated alkanes) is 1. The van der Waals surface area contributed by atoms with Gasteiger partial charge in [-0.25, -0.2) is 4.79 Å². The van der Waals surface area contributed by atoms with Crippen molar-refractivity contribution in [3.63, 3.8) is 0 Å². The maximum atomic E-state index is 12.8. The Hall–Kier alpha value is -3.53. The molecule has 3 amide bonds. The summed E-state index contributed by atoms with van der Waals surface area (Å²) in [5, 5.41) is 2.77. The van der Waals surface area contributed by atoms with Gasteiger partial charge in [-0.2, -0.15) is 0 Å². The molecule has 3 aromatic rings. The summed E-state index contributed by atoms with van der Waals surface area (Å²) in [6.07, 6.45) is 3.04. The number of esters is 1. The zero-order chi connectivity index (χ0) is 27.2. The number of nitrogens with zero attached hydrogens (tertiary/aromatic N) is 1. The molecule has 4 rings (SSSR count). The van der Waals surface area contributed by atoms with E-state index in [2.05, 4.69) is 5.32 Å². The molecule has 0 radical (unpaired) electrons. The molecule has 0 atom stereocenters. The van der Waals surface area contributed by atoms with Gasteiger partial charge < -0.3 is 14.5 Å². The summed E-state index contributed by atoms with van der Waals surface area (Å²) in [7, 11) is 0. The van der Waals surface area contributed by atoms with Crippen molar-refractivity contribution in [2.24, 2.45) is 0 Å². The highest BCUT2D eigenvalue weighted by molar-refractivity contribution is 8.18. The monoisotopic (exact) mass is 572 g/mol. The highest BCUT2D eigenvalue weighted by Crippen LogP contribution is 2.33. The van der Waals surface area contributed by atoms with Crippen LogP contribution in [0.1, 0.15) is 35.9 Å². The van der Waals surface area contributed by atoms with Crippen LogP contribution in [0.2, 0.25) is 10.0 Å². The van der Waals surface area contributed by atoms with Gasteiger partial charge in [0.05, 0.1) is 22.1 Å². The number of hydrogen-bond acceptors (Lipinski definition) is 7. The summed E-state index contributed by atoms with van der Waals surface area (Å²) in [6.45, 7) is 1.73. The van der Waals surface area contributed by atoms with E-state index in [9.17, 15) is 19.2 Å². The van der Waals surface area contributed by atoms with E-state index in [4.69, 9.17) is 32.4 Å². The van der Waals surface area contributed by atoms with E-state index in [0.29, 0.717) is 28.3 Å². The van der Waals surface area contributed by atoms with E-state index in [-0.39, 0.29) is 27.8 Å². The molecular weight excluding hydrogens is 551 g/mol. The van der Waals surface area contributed by atoms with Crippen molar-refractivity contribution in [2.45, 2.75) is 19.8 Å². The van der Waals surface area contributed by atoms with Crippen LogP contribution in [0, 0.1) is 0 Å². The number of furan rings is 1. The second kappa shape index (κ2) is 12.3. The van der Waals surface area contributed by atoms with Gasteiger partial charge in [0.25, 0.3) is 11.1 Å². The number of carbonyl (C=O) groups is 4. The molecule has 11 heteroatoms. The van der Waals surface area contributed by atoms with E-state index >= 15 is 0 Å². The number of imide groups is 1. The Kier molecular flexibility index (Phi) is 8.93. The molecule has 0 saturated carbocycles. The van der Waals surface area contributed by atoms with Crippen LogP contribution in [0.4, 0.5) is 10.5 Å². The Balaban J connectivity index is 1.40. The molecular formula is C27H22Cl2N2O6S. The predicted octanol–water partition coefficient (Wildman–Crippen LogP) is 6.89. The largest absolute Gasteiger partial charge is 0.462 e. The number of amides is 3. The molecule has 1 aliphatic rings. The topological polar surface area (TPSA) is 106 Å². The number of hydrogen-bond donors (Lipinski definition) is 1. The molecule has 1 aromatic heterocycles. The first-order valence-electron chi connectivity index (χ1n) is 11.6. The molecule has 1 N–H and O–H groups in total. The molecule has 0 unspecified atom stereocenters. The molecule has 1 saturated heterocycles. The minimum atomic E-state index is -0.621. The molecule has 1 fully saturated rings. The third-order valence-electron chi connectivity index (χ3n) is 5.41. The summed E-state index contributed by atoms with van der Waals surface area (Å²) in [5.41, 5.74) is 1.18. The third kappa shape index (κ3) is 6.66. The van der Waals surface area contributed by atoms with Crippen molar-refractivity contribution >= 4 is 69.8 Å². The Morgan fingerprint density at radius 1 is 1.08 bits per heavy atom. The maximum Gasteiger partial charge on any atom is 0.339 e. The van der Waals surface area contributed by atoms with E-state index in [1.165, 1.54) is 24.3 Å². The zero-order valence-corrected chi connectivity index (χ0v) is 22.5. The number of anilines is 1. The van der Waals surface area contributed by atoms with Gasteiger partial charge >= 0.3 is 5.97 Å². The molecule has 0 spiro atoms. The fraction of sp³-hybridized carbons (Fsp3) is 0.185. The van der Waals surface area contributed by atoms with E-state index in [1.54, 1.807) is 36.4 Å². The third-order valence-corrected chi connectivity index (χ3v) is 6.89. The van der Waals surface area contributed by atoms with E-state index in [0.717, 1.165) is 23.3 Å². The van der Waals surface area contributed by atoms with Gasteiger partial charge in [-0.3, -0.25) is 19.3 Å². The van der Waals surface area contributed by atoms with E-state index < -0.39 is 29.6 Å². The van der Waals surface area contributed by atoms with Gasteiger partial charge in [-0.1, -0.05) is 36.5 Å². The fourth-order valence-electron chi connectivity index (χ4n) is 3.46. The van der Waals surface area contributed by atoms with Gasteiger partial charge in [-0.15, -0.1) is 0 Å². The molecule has 2 aromatic carbocycles. The molecule has 0 aliphatic carbocycles. The predicted molar refractivity (Wildman–Crippen MR) is 147 cm³/mol. The summed E-state index contributed by atoms with van der Waals surface area (Å²) < 4.78 is 11.0. The number of ether oxygens (including phenoxy) is 1. The quantitative estimate of drug-likeness (QED) is 0.169. The van der Waals surface area contributed by atoms with Crippen LogP contribution in [0.25, 0.3) is 17.4 Å². The highest BCUT2D eigenvalue weighted by atomic mass is 35.5. The van der Waals surface area contributed by atoms with Crippen molar-refractivity contribution in [3.8, 4) is 11.3 Å². The van der Waals surface area contributed by atoms with Crippen LogP contribution in [-0.4, -0.2) is 41.1 Å². The zero-order valence-electron chi connectivity index (χ0n) is 20.2. The molecule has 38 heavy (non-hydrogen) atoms. The standard InChI is InChI=1S/C27H22Cl2N2O6S/c1-2-3-12-36-26(34)20-13-18(8-10-21(20)29)30-24(32)15-31-25(33)23(38-27(31)35)14-19-9-11-22(37-19)16-4-6-17(28)7-5-16/h4-11,13-14H,2-3,12,15H2,1H3,(H,30,32)/b23-14+. The minimum absolute atomic E-state index is 0.103. The van der Waals surface area contributed by atoms with Crippen LogP contribution < -0.4 is 5.32 Å². The number of carbonyl (C=O) groups excluding carboxylic acids is 4. The van der Waals surface area contributed by atoms with Crippen LogP contribution >= 0.6 is 35.0 Å². The fourth-order valence-corrected chi connectivity index (χ4v) is 4.59. The van der Waals surface area contributed by atoms with Crippen LogP contribution in [-0.2, 0) is 14.3 Å². The first-order chi connectivity index (χ1) is 18.2. The summed E-state index contributed by atoms with van der Waals surface area (Å²) in [5.74, 6) is -0.889. The minimum Gasteiger partial charge on any atom is -0.462 e. The first-order valence-corrected chi connectivity index (χ1v) is 13.2. The van der Waals surface area contributed by atoms with Crippen LogP contribution in [0.15, 0.2) is 63.9 Å². The van der Waals surface area contributed by atoms with Gasteiger partial charge in [-0.05, 0) is 72.8 Å². The van der Waals surface area contributed by atoms with Crippen LogP contribution in [0.3, 0.4) is 0 Å². The van der Waals surface area contributed by atoms with Gasteiger partial charge in [0.1, 0.15) is 18.1 Å².